The van der Waals surface area contributed by atoms with Gasteiger partial charge in [0.1, 0.15) is 0 Å². The molecule has 0 aliphatic rings. The predicted molar refractivity (Wildman–Crippen MR) is 338 cm³/mol. The Bertz CT molecular complexity index is 2410. The van der Waals surface area contributed by atoms with Crippen molar-refractivity contribution in [2.45, 2.75) is 248 Å². The topological polar surface area (TPSA) is 0 Å². The fourth-order valence-electron chi connectivity index (χ4n) is 11.9. The summed E-state index contributed by atoms with van der Waals surface area (Å²) in [6.07, 6.45) is 1.05. The van der Waals surface area contributed by atoms with Gasteiger partial charge in [0.2, 0.25) is 0 Å². The molecule has 0 amide bonds. The Balaban J connectivity index is 1.76. The van der Waals surface area contributed by atoms with Gasteiger partial charge in [-0.2, -0.15) is 0 Å². The van der Waals surface area contributed by atoms with E-state index in [0.29, 0.717) is 71.0 Å². The molecule has 0 atom stereocenters. The van der Waals surface area contributed by atoms with E-state index in [4.69, 9.17) is 0 Å². The molecule has 6 aromatic rings. The van der Waals surface area contributed by atoms with Crippen molar-refractivity contribution in [2.75, 3.05) is 0 Å². The van der Waals surface area contributed by atoms with Crippen LogP contribution in [0.2, 0.25) is 4.44 Å². The third-order valence-electron chi connectivity index (χ3n) is 16.5. The molecule has 0 bridgehead atoms. The second-order valence-corrected chi connectivity index (χ2v) is 30.3. The zero-order valence-corrected chi connectivity index (χ0v) is 54.8. The van der Waals surface area contributed by atoms with E-state index in [2.05, 4.69) is 251 Å². The summed E-state index contributed by atoms with van der Waals surface area (Å²) in [4.78, 5) is 0. The van der Waals surface area contributed by atoms with Crippen LogP contribution in [0.1, 0.15) is 310 Å². The number of benzene rings is 6. The quantitative estimate of drug-likeness (QED) is 0.0669. The minimum absolute atomic E-state index is 0.390. The molecule has 0 fully saturated rings. The van der Waals surface area contributed by atoms with Gasteiger partial charge in [-0.15, -0.1) is 0 Å². The van der Waals surface area contributed by atoms with Crippen LogP contribution in [0.3, 0.4) is 0 Å². The molecular formula is C74H102Sn. The Morgan fingerprint density at radius 2 is 0.467 bits per heavy atom. The molecular weight excluding hydrogens is 1010 g/mol. The van der Waals surface area contributed by atoms with Gasteiger partial charge in [-0.25, -0.2) is 0 Å². The van der Waals surface area contributed by atoms with Crippen LogP contribution in [0.4, 0.5) is 0 Å². The number of rotatable bonds is 20. The molecule has 0 spiro atoms. The Morgan fingerprint density at radius 3 is 0.667 bits per heavy atom. The molecule has 0 nitrogen and oxygen atoms in total. The van der Waals surface area contributed by atoms with Crippen LogP contribution in [0, 0.1) is 0 Å². The molecule has 402 valence electrons. The van der Waals surface area contributed by atoms with Crippen molar-refractivity contribution in [3.05, 3.63) is 157 Å². The monoisotopic (exact) mass is 1110 g/mol. The van der Waals surface area contributed by atoms with Gasteiger partial charge >= 0.3 is 475 Å². The van der Waals surface area contributed by atoms with Gasteiger partial charge in [-0.05, 0) is 0 Å². The number of hydrogen-bond donors (Lipinski definition) is 0. The Hall–Kier alpha value is -3.88. The average molecular weight is 1110 g/mol. The van der Waals surface area contributed by atoms with E-state index in [1.165, 1.54) is 116 Å². The van der Waals surface area contributed by atoms with Gasteiger partial charge in [-0.3, -0.25) is 0 Å². The average Bonchev–Trinajstić information content (AvgIpc) is 3.34. The second kappa shape index (κ2) is 25.3. The molecule has 75 heavy (non-hydrogen) atoms. The SMILES string of the molecule is CC(C)c1cc(C(C)C)c(-c2cccc(-c3c(C(C)C)cc(C(C)C)cc3C(C)C)c2C[CH2][Sn][c]2c(-c3c(C(C)C)cc(C(C)C)cc3C(C)C)cccc2-c2c(C(C)C)cc(C(C)C)cc2C(C)C)c(C(C)C)c1. The van der Waals surface area contributed by atoms with Crippen molar-refractivity contribution in [1.29, 1.82) is 0 Å². The second-order valence-electron chi connectivity index (χ2n) is 26.4. The molecule has 1 heteroatoms. The molecule has 0 aliphatic carbocycles. The van der Waals surface area contributed by atoms with Crippen molar-refractivity contribution in [1.82, 2.24) is 0 Å². The fraction of sp³-hybridized carbons (Fsp3) is 0.514. The van der Waals surface area contributed by atoms with Crippen molar-refractivity contribution in [2.24, 2.45) is 0 Å². The first-order valence-corrected chi connectivity index (χ1v) is 33.3. The molecule has 2 radical (unpaired) electrons. The van der Waals surface area contributed by atoms with Crippen LogP contribution in [0.25, 0.3) is 44.5 Å². The predicted octanol–water partition coefficient (Wildman–Crippen LogP) is 22.8. The van der Waals surface area contributed by atoms with Crippen molar-refractivity contribution >= 4 is 24.7 Å². The summed E-state index contributed by atoms with van der Waals surface area (Å²) in [6.45, 7) is 57.9. The zero-order valence-electron chi connectivity index (χ0n) is 51.9. The first-order valence-electron chi connectivity index (χ1n) is 29.9. The van der Waals surface area contributed by atoms with E-state index in [9.17, 15) is 0 Å². The van der Waals surface area contributed by atoms with Crippen LogP contribution < -0.4 is 3.58 Å². The Labute approximate surface area is 471 Å². The van der Waals surface area contributed by atoms with Gasteiger partial charge in [0.25, 0.3) is 0 Å². The summed E-state index contributed by atoms with van der Waals surface area (Å²) in [7, 11) is 0. The van der Waals surface area contributed by atoms with Gasteiger partial charge in [0.05, 0.1) is 0 Å². The molecule has 0 unspecified atom stereocenters. The summed E-state index contributed by atoms with van der Waals surface area (Å²) < 4.78 is 2.88. The number of hydrogen-bond acceptors (Lipinski definition) is 0. The van der Waals surface area contributed by atoms with Gasteiger partial charge in [0, 0.05) is 0 Å². The summed E-state index contributed by atoms with van der Waals surface area (Å²) in [5.74, 6) is 5.02. The minimum atomic E-state index is -1.37. The molecule has 0 aromatic heterocycles. The summed E-state index contributed by atoms with van der Waals surface area (Å²) in [6, 6.07) is 35.7. The zero-order chi connectivity index (χ0) is 55.7. The normalized spacial score (nSPS) is 12.5. The third-order valence-corrected chi connectivity index (χ3v) is 20.5. The molecule has 6 aromatic carbocycles. The van der Waals surface area contributed by atoms with Gasteiger partial charge < -0.3 is 0 Å². The van der Waals surface area contributed by atoms with E-state index in [0.717, 1.165) is 6.42 Å². The van der Waals surface area contributed by atoms with Crippen molar-refractivity contribution < 1.29 is 0 Å². The van der Waals surface area contributed by atoms with E-state index in [1.807, 2.05) is 0 Å². The summed E-state index contributed by atoms with van der Waals surface area (Å²) in [5.41, 5.74) is 31.4. The summed E-state index contributed by atoms with van der Waals surface area (Å²) in [5, 5.41) is 0. The summed E-state index contributed by atoms with van der Waals surface area (Å²) >= 11 is -1.37. The Kier molecular flexibility index (Phi) is 20.3. The van der Waals surface area contributed by atoms with Gasteiger partial charge in [-0.1, -0.05) is 0 Å². The fourth-order valence-corrected chi connectivity index (χ4v) is 15.9. The molecule has 6 rings (SSSR count). The third kappa shape index (κ3) is 13.0. The molecule has 0 heterocycles. The van der Waals surface area contributed by atoms with E-state index in [-0.39, 0.29) is 0 Å². The molecule has 0 saturated heterocycles. The molecule has 0 N–H and O–H groups in total. The van der Waals surface area contributed by atoms with Crippen molar-refractivity contribution in [3.8, 4) is 44.5 Å². The van der Waals surface area contributed by atoms with Crippen molar-refractivity contribution in [3.63, 3.8) is 0 Å². The van der Waals surface area contributed by atoms with Crippen LogP contribution in [-0.2, 0) is 6.42 Å². The van der Waals surface area contributed by atoms with Gasteiger partial charge in [0.15, 0.2) is 0 Å². The van der Waals surface area contributed by atoms with E-state index in [1.54, 1.807) is 9.14 Å². The van der Waals surface area contributed by atoms with E-state index < -0.39 is 21.1 Å². The Morgan fingerprint density at radius 1 is 0.267 bits per heavy atom. The first-order chi connectivity index (χ1) is 35.2. The van der Waals surface area contributed by atoms with Crippen LogP contribution in [0.15, 0.2) is 84.9 Å². The molecule has 0 aliphatic heterocycles. The van der Waals surface area contributed by atoms with Crippen LogP contribution in [0.5, 0.6) is 0 Å². The maximum absolute atomic E-state index is 2.59. The maximum atomic E-state index is 2.59. The van der Waals surface area contributed by atoms with Crippen LogP contribution in [-0.4, -0.2) is 21.1 Å². The standard InChI is InChI=1S/C38H53.C36H49.Sn/c1-14-30-31(37-33(24(6)7)18-28(22(2)3)19-34(37)25(8)9)16-15-17-32(30)38-35(26(10)11)20-29(23(4)5)21-36(38)27(12)13;1-21(2)29-17-31(23(5)6)35(32(18-29)24(7)8)27-14-13-15-28(16-27)36-33(25(9)10)19-30(22(3)4)20-34(36)26(11)12;/h15-27H,1,14H2,2-13H3;13-15,17-26H,1-12H3;. The first kappa shape index (κ1) is 60.3. The van der Waals surface area contributed by atoms with Crippen LogP contribution >= 0.6 is 0 Å². The van der Waals surface area contributed by atoms with E-state index >= 15 is 0 Å². The molecule has 0 saturated carbocycles.